The number of aromatic hydroxyl groups is 2. The van der Waals surface area contributed by atoms with E-state index >= 15 is 0 Å². The van der Waals surface area contributed by atoms with E-state index in [4.69, 9.17) is 28.9 Å². The number of nitrogens with one attached hydrogen (secondary N) is 1. The van der Waals surface area contributed by atoms with Gasteiger partial charge in [-0.25, -0.2) is 4.79 Å². The molecule has 70 heavy (non-hydrogen) atoms. The third-order valence-electron chi connectivity index (χ3n) is 15.1. The van der Waals surface area contributed by atoms with Crippen molar-refractivity contribution in [1.82, 2.24) is 14.7 Å². The zero-order valence-electron chi connectivity index (χ0n) is 43.1. The topological polar surface area (TPSA) is 216 Å². The summed E-state index contributed by atoms with van der Waals surface area (Å²) < 4.78 is 24.9. The normalized spacial score (nSPS) is 31.7. The van der Waals surface area contributed by atoms with Crippen LogP contribution in [-0.4, -0.2) is 148 Å². The highest BCUT2D eigenvalue weighted by Crippen LogP contribution is 2.50. The molecule has 8 rings (SSSR count). The van der Waals surface area contributed by atoms with Crippen LogP contribution < -0.4 is 20.8 Å². The first kappa shape index (κ1) is 52.7. The van der Waals surface area contributed by atoms with Gasteiger partial charge in [-0.05, 0) is 31.8 Å². The number of ether oxygens (including phenoxy) is 4. The number of ketones is 1. The highest BCUT2D eigenvalue weighted by Gasteiger charge is 2.50. The first-order valence-electron chi connectivity index (χ1n) is 25.1. The van der Waals surface area contributed by atoms with Gasteiger partial charge in [-0.1, -0.05) is 73.6 Å². The van der Waals surface area contributed by atoms with Gasteiger partial charge in [-0.2, -0.15) is 0 Å². The molecule has 17 nitrogen and oxygen atoms in total. The highest BCUT2D eigenvalue weighted by molar-refractivity contribution is 6.19. The third kappa shape index (κ3) is 10.3. The lowest BCUT2D eigenvalue weighted by molar-refractivity contribution is -0.112. The van der Waals surface area contributed by atoms with Gasteiger partial charge >= 0.3 is 11.9 Å². The molecule has 6 heterocycles. The number of aliphatic hydroxyl groups excluding tert-OH is 2. The fourth-order valence-electron chi connectivity index (χ4n) is 10.8. The van der Waals surface area contributed by atoms with E-state index in [-0.39, 0.29) is 55.4 Å². The predicted octanol–water partition coefficient (Wildman–Crippen LogP) is 5.60. The molecule has 2 saturated heterocycles. The van der Waals surface area contributed by atoms with E-state index in [0.29, 0.717) is 63.9 Å². The number of piperidine rings is 1. The number of methoxy groups -OCH3 is 1. The second-order valence-electron chi connectivity index (χ2n) is 21.4. The van der Waals surface area contributed by atoms with Crippen molar-refractivity contribution in [1.29, 1.82) is 0 Å². The Morgan fingerprint density at radius 2 is 1.46 bits per heavy atom. The lowest BCUT2D eigenvalue weighted by Gasteiger charge is -2.40. The number of nitrogens with zero attached hydrogens (tertiary/aromatic N) is 5. The number of fused-ring (bicyclic) bond motifs is 13. The van der Waals surface area contributed by atoms with Gasteiger partial charge in [-0.3, -0.25) is 24.5 Å². The first-order valence-corrected chi connectivity index (χ1v) is 25.1. The minimum Gasteiger partial charge on any atom is -0.507 e. The van der Waals surface area contributed by atoms with Crippen molar-refractivity contribution in [3.8, 4) is 17.2 Å². The zero-order chi connectivity index (χ0) is 51.1. The molecular formula is C53H76N6O11. The number of carbonyl (C=O) groups is 3. The maximum atomic E-state index is 14.9. The van der Waals surface area contributed by atoms with Crippen molar-refractivity contribution >= 4 is 34.2 Å². The number of piperazine rings is 1. The summed E-state index contributed by atoms with van der Waals surface area (Å²) in [5.74, 6) is -5.53. The van der Waals surface area contributed by atoms with E-state index in [1.54, 1.807) is 63.8 Å². The number of hydrogen-bond acceptors (Lipinski definition) is 15. The van der Waals surface area contributed by atoms with E-state index in [9.17, 15) is 34.8 Å². The number of carbonyl (C=O) groups excluding carboxylic acids is 3. The highest BCUT2D eigenvalue weighted by atomic mass is 16.7. The number of hydrogen-bond donors (Lipinski definition) is 5. The molecule has 0 radical (unpaired) electrons. The number of likely N-dealkylation sites (tertiary alicyclic amines) is 1. The molecule has 0 aliphatic carbocycles. The van der Waals surface area contributed by atoms with Crippen molar-refractivity contribution in [2.24, 2.45) is 45.5 Å². The van der Waals surface area contributed by atoms with Gasteiger partial charge in [0.15, 0.2) is 11.4 Å². The smallest absolute Gasteiger partial charge is 0.410 e. The second-order valence-corrected chi connectivity index (χ2v) is 21.4. The molecule has 0 saturated carbocycles. The zero-order valence-corrected chi connectivity index (χ0v) is 43.1. The third-order valence-corrected chi connectivity index (χ3v) is 15.1. The molecule has 0 unspecified atom stereocenters. The van der Waals surface area contributed by atoms with Crippen LogP contribution in [0.3, 0.4) is 0 Å². The van der Waals surface area contributed by atoms with Gasteiger partial charge in [0.25, 0.3) is 11.7 Å². The molecular weight excluding hydrogens is 897 g/mol. The summed E-state index contributed by atoms with van der Waals surface area (Å²) in [5.41, 5.74) is -0.575. The van der Waals surface area contributed by atoms with Gasteiger partial charge in [0.2, 0.25) is 0 Å². The van der Waals surface area contributed by atoms with Crippen LogP contribution in [0.1, 0.15) is 98.0 Å². The van der Waals surface area contributed by atoms with Crippen LogP contribution in [0.5, 0.6) is 17.2 Å². The number of Topliss-reactive ketones (excluding diaryl/α,β-unsaturated/α-hetero) is 1. The molecule has 5 bridgehead atoms. The average Bonchev–Trinajstić information content (AvgIpc) is 3.82. The summed E-state index contributed by atoms with van der Waals surface area (Å²) in [5, 5.41) is 51.1. The summed E-state index contributed by atoms with van der Waals surface area (Å²) in [6.45, 7) is 26.0. The number of phenols is 2. The lowest BCUT2D eigenvalue weighted by Crippen LogP contribution is -2.52. The van der Waals surface area contributed by atoms with Crippen LogP contribution in [-0.2, 0) is 19.0 Å². The molecule has 2 aromatic carbocycles. The Balaban J connectivity index is 1.32. The van der Waals surface area contributed by atoms with E-state index < -0.39 is 83.1 Å². The summed E-state index contributed by atoms with van der Waals surface area (Å²) in [4.78, 5) is 59.7. The fourth-order valence-corrected chi connectivity index (χ4v) is 10.8. The maximum Gasteiger partial charge on any atom is 0.410 e. The van der Waals surface area contributed by atoms with Crippen molar-refractivity contribution in [3.63, 3.8) is 0 Å². The molecule has 2 amide bonds. The molecule has 0 aromatic heterocycles. The largest absolute Gasteiger partial charge is 0.507 e. The number of allylic oxidation sites excluding steroid dienone is 2. The fraction of sp³-hybridized carbons (Fsp3) is 0.642. The molecule has 17 heteroatoms. The molecule has 384 valence electrons. The Labute approximate surface area is 411 Å². The Hall–Kier alpha value is -5.07. The van der Waals surface area contributed by atoms with Gasteiger partial charge < -0.3 is 54.5 Å². The van der Waals surface area contributed by atoms with E-state index in [1.807, 2.05) is 6.92 Å². The van der Waals surface area contributed by atoms with E-state index in [2.05, 4.69) is 42.8 Å². The van der Waals surface area contributed by atoms with Crippen LogP contribution >= 0.6 is 0 Å². The number of rotatable bonds is 6. The summed E-state index contributed by atoms with van der Waals surface area (Å²) >= 11 is 0. The molecule has 1 spiro atoms. The number of phenolic OH excluding ortho intramolecular Hbond substituents is 2. The van der Waals surface area contributed by atoms with Crippen molar-refractivity contribution in [3.05, 3.63) is 58.0 Å². The van der Waals surface area contributed by atoms with Gasteiger partial charge in [-0.15, -0.1) is 0 Å². The van der Waals surface area contributed by atoms with Gasteiger partial charge in [0, 0.05) is 119 Å². The number of benzene rings is 2. The average molecular weight is 973 g/mol. The molecule has 6 aliphatic heterocycles. The van der Waals surface area contributed by atoms with Crippen molar-refractivity contribution in [2.45, 2.75) is 125 Å². The molecule has 5 N–H and O–H groups in total. The quantitative estimate of drug-likeness (QED) is 0.224. The summed E-state index contributed by atoms with van der Waals surface area (Å²) in [6.07, 6.45) is 4.49. The Morgan fingerprint density at radius 1 is 0.843 bits per heavy atom. The molecule has 2 fully saturated rings. The minimum atomic E-state index is -1.98. The van der Waals surface area contributed by atoms with Crippen LogP contribution in [0.4, 0.5) is 10.5 Å². The van der Waals surface area contributed by atoms with Crippen LogP contribution in [0.25, 0.3) is 10.8 Å². The SMILES string of the molecule is CO[C@H]1/C=C/O[C@@]2(C)Oc3c(C)c(O)c4c(O)c(c5c(c4c3C2=O)=NC2(CCN(CC(C)C)CC2)N=5)NC(=O)/C(C)=C\C=C\[C@H](C)[C@H](O)[C@@H](C)[C@@H](O)[C@@H](C)[C@H](OC(=O)N2CCN(CC(C)C)CC2)[C@@H]1C. The van der Waals surface area contributed by atoms with Crippen LogP contribution in [0, 0.1) is 42.4 Å². The minimum absolute atomic E-state index is 0.0384. The van der Waals surface area contributed by atoms with Gasteiger partial charge in [0.1, 0.15) is 28.6 Å². The van der Waals surface area contributed by atoms with Crippen molar-refractivity contribution in [2.75, 3.05) is 64.8 Å². The Morgan fingerprint density at radius 3 is 2.07 bits per heavy atom. The molecule has 2 aromatic rings. The Bertz CT molecular complexity index is 2540. The summed E-state index contributed by atoms with van der Waals surface area (Å²) in [6, 6.07) is 0. The van der Waals surface area contributed by atoms with Crippen LogP contribution in [0.15, 0.2) is 46.1 Å². The molecule has 9 atom stereocenters. The number of anilines is 1. The Kier molecular flexibility index (Phi) is 15.8. The second kappa shape index (κ2) is 21.0. The lowest BCUT2D eigenvalue weighted by atomic mass is 9.78. The van der Waals surface area contributed by atoms with Crippen LogP contribution in [0.2, 0.25) is 0 Å². The standard InChI is InChI=1S/C53H76N6O11/c1-28(2)26-57-19-17-53(18-20-57)55-40-37-38-45(62)35(10)48-39(37)49(64)52(11,70-48)68-25-16-36(67-12)32(7)47(69-51(66)59-23-21-58(22-24-59)27-29(3)4)34(9)44(61)33(8)43(60)30(5)14-13-15-31(6)50(65)54-42(46(38)63)41(40)56-53/h13-16,25,28-30,32-34,36,43-44,47,60-63H,17-24,26-27H2,1-12H3,(H,54,65)/b14-13+,25-16+,31-15-/t30-,32+,33+,34+,36-,43-,44+,47+,52-/m0/s1. The van der Waals surface area contributed by atoms with Gasteiger partial charge in [0.05, 0.1) is 40.9 Å². The monoisotopic (exact) mass is 973 g/mol. The van der Waals surface area contributed by atoms with E-state index in [1.165, 1.54) is 20.3 Å². The van der Waals surface area contributed by atoms with E-state index in [0.717, 1.165) is 13.1 Å². The molecule has 6 aliphatic rings. The summed E-state index contributed by atoms with van der Waals surface area (Å²) in [7, 11) is 1.50. The van der Waals surface area contributed by atoms with Crippen molar-refractivity contribution < 1.29 is 53.8 Å². The maximum absolute atomic E-state index is 14.9. The number of amides is 2. The predicted molar refractivity (Wildman–Crippen MR) is 265 cm³/mol. The number of aliphatic hydroxyl groups is 2. The first-order chi connectivity index (χ1) is 33.0.